The van der Waals surface area contributed by atoms with E-state index in [1.807, 2.05) is 11.4 Å². The van der Waals surface area contributed by atoms with Crippen molar-refractivity contribution in [3.63, 3.8) is 0 Å². The lowest BCUT2D eigenvalue weighted by Crippen LogP contribution is -2.02. The van der Waals surface area contributed by atoms with E-state index in [0.717, 1.165) is 11.1 Å². The summed E-state index contributed by atoms with van der Waals surface area (Å²) >= 11 is 1.29. The molecule has 0 aliphatic rings. The highest BCUT2D eigenvalue weighted by Gasteiger charge is 2.19. The van der Waals surface area contributed by atoms with Crippen molar-refractivity contribution < 1.29 is 9.90 Å². The smallest absolute Gasteiger partial charge is 0.346 e. The second kappa shape index (κ2) is 4.82. The normalized spacial score (nSPS) is 10.8. The molecule has 0 amide bonds. The molecule has 3 heteroatoms. The topological polar surface area (TPSA) is 37.3 Å². The molecule has 2 aromatic rings. The van der Waals surface area contributed by atoms with Crippen molar-refractivity contribution in [3.8, 4) is 11.1 Å². The first kappa shape index (κ1) is 13.8. The zero-order valence-corrected chi connectivity index (χ0v) is 12.7. The van der Waals surface area contributed by atoms with Crippen LogP contribution in [0, 0.1) is 34.6 Å². The Labute approximate surface area is 117 Å². The molecule has 19 heavy (non-hydrogen) atoms. The fourth-order valence-corrected chi connectivity index (χ4v) is 3.31. The van der Waals surface area contributed by atoms with E-state index in [9.17, 15) is 9.90 Å². The van der Waals surface area contributed by atoms with Gasteiger partial charge in [0.2, 0.25) is 0 Å². The molecule has 0 atom stereocenters. The number of benzene rings is 1. The average molecular weight is 274 g/mol. The van der Waals surface area contributed by atoms with E-state index in [0.29, 0.717) is 4.88 Å². The molecule has 0 spiro atoms. The van der Waals surface area contributed by atoms with E-state index in [-0.39, 0.29) is 0 Å². The van der Waals surface area contributed by atoms with Gasteiger partial charge >= 0.3 is 5.97 Å². The van der Waals surface area contributed by atoms with E-state index in [4.69, 9.17) is 0 Å². The van der Waals surface area contributed by atoms with Gasteiger partial charge in [0, 0.05) is 5.56 Å². The molecule has 1 N–H and O–H groups in total. The van der Waals surface area contributed by atoms with Crippen molar-refractivity contribution in [2.45, 2.75) is 34.6 Å². The van der Waals surface area contributed by atoms with Crippen LogP contribution >= 0.6 is 11.3 Å². The van der Waals surface area contributed by atoms with Gasteiger partial charge < -0.3 is 5.11 Å². The highest BCUT2D eigenvalue weighted by atomic mass is 32.1. The number of hydrogen-bond donors (Lipinski definition) is 1. The van der Waals surface area contributed by atoms with Crippen molar-refractivity contribution in [1.82, 2.24) is 0 Å². The lowest BCUT2D eigenvalue weighted by atomic mass is 9.86. The predicted molar refractivity (Wildman–Crippen MR) is 80.4 cm³/mol. The zero-order valence-electron chi connectivity index (χ0n) is 11.9. The van der Waals surface area contributed by atoms with Crippen LogP contribution in [0.2, 0.25) is 0 Å². The number of aromatic carboxylic acids is 1. The molecule has 2 nitrogen and oxygen atoms in total. The van der Waals surface area contributed by atoms with E-state index >= 15 is 0 Å². The molecule has 0 unspecified atom stereocenters. The Kier molecular flexibility index (Phi) is 3.50. The molecule has 1 aromatic carbocycles. The van der Waals surface area contributed by atoms with Gasteiger partial charge in [0.1, 0.15) is 4.88 Å². The second-order valence-corrected chi connectivity index (χ2v) is 5.88. The Morgan fingerprint density at radius 3 is 1.89 bits per heavy atom. The van der Waals surface area contributed by atoms with Crippen molar-refractivity contribution >= 4 is 17.3 Å². The van der Waals surface area contributed by atoms with E-state index < -0.39 is 5.97 Å². The molecule has 0 fully saturated rings. The minimum Gasteiger partial charge on any atom is -0.477 e. The maximum Gasteiger partial charge on any atom is 0.346 e. The minimum atomic E-state index is -0.848. The maximum absolute atomic E-state index is 11.3. The third kappa shape index (κ3) is 2.08. The van der Waals surface area contributed by atoms with Crippen LogP contribution in [0.4, 0.5) is 0 Å². The molecule has 100 valence electrons. The first-order valence-corrected chi connectivity index (χ1v) is 7.12. The molecular formula is C16H18O2S. The summed E-state index contributed by atoms with van der Waals surface area (Å²) in [5.74, 6) is -0.848. The third-order valence-corrected chi connectivity index (χ3v) is 5.03. The van der Waals surface area contributed by atoms with Crippen molar-refractivity contribution in [2.24, 2.45) is 0 Å². The first-order valence-electron chi connectivity index (χ1n) is 6.24. The summed E-state index contributed by atoms with van der Waals surface area (Å²) in [5, 5.41) is 11.2. The molecule has 0 saturated carbocycles. The lowest BCUT2D eigenvalue weighted by Gasteiger charge is -2.18. The largest absolute Gasteiger partial charge is 0.477 e. The summed E-state index contributed by atoms with van der Waals surface area (Å²) < 4.78 is 0. The van der Waals surface area contributed by atoms with Gasteiger partial charge in [0.15, 0.2) is 0 Å². The monoisotopic (exact) mass is 274 g/mol. The van der Waals surface area contributed by atoms with Gasteiger partial charge in [-0.1, -0.05) is 0 Å². The van der Waals surface area contributed by atoms with E-state index in [1.165, 1.54) is 39.2 Å². The molecule has 0 aliphatic carbocycles. The van der Waals surface area contributed by atoms with Crippen molar-refractivity contribution in [2.75, 3.05) is 0 Å². The Balaban J connectivity index is 2.83. The number of carboxylic acids is 1. The SMILES string of the molecule is Cc1c(C)c(C)c(-c2ccsc2C(=O)O)c(C)c1C. The molecule has 0 aliphatic heterocycles. The summed E-state index contributed by atoms with van der Waals surface area (Å²) in [4.78, 5) is 11.8. The van der Waals surface area contributed by atoms with Crippen molar-refractivity contribution in [1.29, 1.82) is 0 Å². The molecule has 0 radical (unpaired) electrons. The molecule has 2 rings (SSSR count). The van der Waals surface area contributed by atoms with Gasteiger partial charge in [-0.25, -0.2) is 4.79 Å². The van der Waals surface area contributed by atoms with Gasteiger partial charge in [-0.2, -0.15) is 0 Å². The van der Waals surface area contributed by atoms with Crippen molar-refractivity contribution in [3.05, 3.63) is 44.1 Å². The zero-order chi connectivity index (χ0) is 14.3. The Morgan fingerprint density at radius 1 is 0.947 bits per heavy atom. The highest BCUT2D eigenvalue weighted by molar-refractivity contribution is 7.12. The summed E-state index contributed by atoms with van der Waals surface area (Å²) in [5.41, 5.74) is 8.09. The van der Waals surface area contributed by atoms with Crippen LogP contribution in [-0.4, -0.2) is 11.1 Å². The molecular weight excluding hydrogens is 256 g/mol. The molecule has 0 bridgehead atoms. The Hall–Kier alpha value is -1.61. The van der Waals surface area contributed by atoms with Crippen LogP contribution in [0.3, 0.4) is 0 Å². The molecule has 0 saturated heterocycles. The van der Waals surface area contributed by atoms with Gasteiger partial charge in [0.05, 0.1) is 0 Å². The fourth-order valence-electron chi connectivity index (χ4n) is 2.58. The lowest BCUT2D eigenvalue weighted by molar-refractivity contribution is 0.0703. The van der Waals surface area contributed by atoms with Crippen LogP contribution in [0.1, 0.15) is 37.5 Å². The number of carbonyl (C=O) groups is 1. The maximum atomic E-state index is 11.3. The van der Waals surface area contributed by atoms with Gasteiger partial charge in [-0.15, -0.1) is 11.3 Å². The standard InChI is InChI=1S/C16H18O2S/c1-8-9(2)11(4)14(12(5)10(8)3)13-6-7-19-15(13)16(17)18/h6-7H,1-5H3,(H,17,18). The molecule has 1 aromatic heterocycles. The number of rotatable bonds is 2. The average Bonchev–Trinajstić information content (AvgIpc) is 2.83. The second-order valence-electron chi connectivity index (χ2n) is 4.97. The number of carboxylic acid groups (broad SMARTS) is 1. The fraction of sp³-hybridized carbons (Fsp3) is 0.312. The van der Waals surface area contributed by atoms with Crippen LogP contribution in [0.25, 0.3) is 11.1 Å². The van der Waals surface area contributed by atoms with E-state index in [1.54, 1.807) is 0 Å². The van der Waals surface area contributed by atoms with Crippen LogP contribution in [0.5, 0.6) is 0 Å². The predicted octanol–water partition coefficient (Wildman–Crippen LogP) is 4.66. The molecule has 1 heterocycles. The summed E-state index contributed by atoms with van der Waals surface area (Å²) in [6, 6.07) is 1.91. The number of thiophene rings is 1. The highest BCUT2D eigenvalue weighted by Crippen LogP contribution is 2.37. The van der Waals surface area contributed by atoms with Crippen LogP contribution in [-0.2, 0) is 0 Å². The Morgan fingerprint density at radius 2 is 1.42 bits per heavy atom. The number of hydrogen-bond acceptors (Lipinski definition) is 2. The first-order chi connectivity index (χ1) is 8.86. The summed E-state index contributed by atoms with van der Waals surface area (Å²) in [6.07, 6.45) is 0. The summed E-state index contributed by atoms with van der Waals surface area (Å²) in [7, 11) is 0. The van der Waals surface area contributed by atoms with Gasteiger partial charge in [-0.05, 0) is 79.4 Å². The third-order valence-electron chi connectivity index (χ3n) is 4.13. The van der Waals surface area contributed by atoms with E-state index in [2.05, 4.69) is 34.6 Å². The van der Waals surface area contributed by atoms with Crippen LogP contribution < -0.4 is 0 Å². The van der Waals surface area contributed by atoms with Crippen LogP contribution in [0.15, 0.2) is 11.4 Å². The quantitative estimate of drug-likeness (QED) is 0.865. The minimum absolute atomic E-state index is 0.425. The summed E-state index contributed by atoms with van der Waals surface area (Å²) in [6.45, 7) is 10.5. The Bertz CT molecular complexity index is 637. The van der Waals surface area contributed by atoms with Gasteiger partial charge in [-0.3, -0.25) is 0 Å². The van der Waals surface area contributed by atoms with Gasteiger partial charge in [0.25, 0.3) is 0 Å².